The van der Waals surface area contributed by atoms with Gasteiger partial charge >= 0.3 is 0 Å². The highest BCUT2D eigenvalue weighted by molar-refractivity contribution is 5.37. The van der Waals surface area contributed by atoms with E-state index in [-0.39, 0.29) is 23.4 Å². The maximum absolute atomic E-state index is 10.5. The second-order valence-corrected chi connectivity index (χ2v) is 7.22. The number of hydrogen-bond donors (Lipinski definition) is 2. The van der Waals surface area contributed by atoms with Gasteiger partial charge in [0.1, 0.15) is 11.9 Å². The van der Waals surface area contributed by atoms with E-state index < -0.39 is 0 Å². The summed E-state index contributed by atoms with van der Waals surface area (Å²) in [7, 11) is 0. The number of nitrogens with one attached hydrogen (secondary N) is 1. The molecule has 1 saturated heterocycles. The van der Waals surface area contributed by atoms with E-state index in [0.717, 1.165) is 25.9 Å². The van der Waals surface area contributed by atoms with Gasteiger partial charge in [-0.15, -0.1) is 0 Å². The van der Waals surface area contributed by atoms with Crippen LogP contribution in [0.4, 0.5) is 5.82 Å². The van der Waals surface area contributed by atoms with Gasteiger partial charge in [-0.2, -0.15) is 5.26 Å². The Morgan fingerprint density at radius 1 is 1.52 bits per heavy atom. The van der Waals surface area contributed by atoms with Crippen LogP contribution in [0.3, 0.4) is 0 Å². The molecule has 3 rings (SSSR count). The highest BCUT2D eigenvalue weighted by Crippen LogP contribution is 2.53. The minimum absolute atomic E-state index is 0.0169. The first-order chi connectivity index (χ1) is 11.0. The lowest BCUT2D eigenvalue weighted by Gasteiger charge is -2.58. The summed E-state index contributed by atoms with van der Waals surface area (Å²) in [6.45, 7) is 8.87. The van der Waals surface area contributed by atoms with Gasteiger partial charge in [-0.05, 0) is 31.4 Å². The smallest absolute Gasteiger partial charge is 0.234 e. The summed E-state index contributed by atoms with van der Waals surface area (Å²) in [5.74, 6) is 1.35. The van der Waals surface area contributed by atoms with Gasteiger partial charge < -0.3 is 10.4 Å². The van der Waals surface area contributed by atoms with Crippen molar-refractivity contribution < 1.29 is 5.11 Å². The number of likely N-dealkylation sites (tertiary alicyclic amines) is 1. The van der Waals surface area contributed by atoms with Gasteiger partial charge in [-0.1, -0.05) is 20.8 Å². The molecule has 1 aromatic heterocycles. The lowest BCUT2D eigenvalue weighted by molar-refractivity contribution is -0.0961. The van der Waals surface area contributed by atoms with Crippen LogP contribution in [-0.4, -0.2) is 51.3 Å². The summed E-state index contributed by atoms with van der Waals surface area (Å²) in [5, 5.41) is 22.8. The van der Waals surface area contributed by atoms with Crippen LogP contribution in [-0.2, 0) is 0 Å². The van der Waals surface area contributed by atoms with Gasteiger partial charge in [0.05, 0.1) is 12.1 Å². The molecular formula is C17H25N5O. The van der Waals surface area contributed by atoms with Crippen LogP contribution in [0.2, 0.25) is 0 Å². The highest BCUT2D eigenvalue weighted by Gasteiger charge is 2.58. The molecule has 1 aliphatic carbocycles. The fraction of sp³-hybridized carbons (Fsp3) is 0.706. The molecule has 23 heavy (non-hydrogen) atoms. The van der Waals surface area contributed by atoms with Gasteiger partial charge in [-0.3, -0.25) is 4.90 Å². The van der Waals surface area contributed by atoms with Crippen LogP contribution in [0.25, 0.3) is 0 Å². The van der Waals surface area contributed by atoms with Gasteiger partial charge in [-0.25, -0.2) is 9.97 Å². The molecule has 0 aromatic carbocycles. The SMILES string of the molecule is CCN1CC2(C[C@@H](O)[C@H](Nc3ccnc(C#N)n3)C2)C1C(C)C. The molecule has 6 nitrogen and oxygen atoms in total. The van der Waals surface area contributed by atoms with Gasteiger partial charge in [0.15, 0.2) is 0 Å². The van der Waals surface area contributed by atoms with Gasteiger partial charge in [0, 0.05) is 24.2 Å². The summed E-state index contributed by atoms with van der Waals surface area (Å²) in [4.78, 5) is 10.6. The minimum atomic E-state index is -0.379. The van der Waals surface area contributed by atoms with E-state index in [1.807, 2.05) is 6.07 Å². The van der Waals surface area contributed by atoms with Crippen LogP contribution in [0, 0.1) is 22.7 Å². The number of aromatic nitrogens is 2. The first-order valence-corrected chi connectivity index (χ1v) is 8.41. The lowest BCUT2D eigenvalue weighted by atomic mass is 9.65. The van der Waals surface area contributed by atoms with Gasteiger partial charge in [0.25, 0.3) is 0 Å². The maximum Gasteiger partial charge on any atom is 0.234 e. The van der Waals surface area contributed by atoms with E-state index in [1.165, 1.54) is 0 Å². The molecular weight excluding hydrogens is 290 g/mol. The van der Waals surface area contributed by atoms with E-state index in [2.05, 4.69) is 41.0 Å². The van der Waals surface area contributed by atoms with Crippen molar-refractivity contribution in [2.45, 2.75) is 51.8 Å². The third-order valence-electron chi connectivity index (χ3n) is 5.37. The Morgan fingerprint density at radius 2 is 2.30 bits per heavy atom. The highest BCUT2D eigenvalue weighted by atomic mass is 16.3. The molecule has 0 bridgehead atoms. The number of rotatable bonds is 4. The number of nitriles is 1. The summed E-state index contributed by atoms with van der Waals surface area (Å²) >= 11 is 0. The predicted molar refractivity (Wildman–Crippen MR) is 87.7 cm³/mol. The third-order valence-corrected chi connectivity index (χ3v) is 5.37. The number of aliphatic hydroxyl groups is 1. The topological polar surface area (TPSA) is 85.1 Å². The Balaban J connectivity index is 1.73. The molecule has 1 aliphatic heterocycles. The van der Waals surface area contributed by atoms with E-state index >= 15 is 0 Å². The number of hydrogen-bond acceptors (Lipinski definition) is 6. The van der Waals surface area contributed by atoms with Crippen molar-refractivity contribution in [1.82, 2.24) is 14.9 Å². The molecule has 2 aliphatic rings. The second-order valence-electron chi connectivity index (χ2n) is 7.22. The third kappa shape index (κ3) is 2.79. The zero-order valence-electron chi connectivity index (χ0n) is 14.0. The molecule has 2 N–H and O–H groups in total. The summed E-state index contributed by atoms with van der Waals surface area (Å²) < 4.78 is 0. The largest absolute Gasteiger partial charge is 0.391 e. The van der Waals surface area contributed by atoms with Crippen molar-refractivity contribution in [3.63, 3.8) is 0 Å². The average molecular weight is 315 g/mol. The fourth-order valence-electron chi connectivity index (χ4n) is 4.73. The summed E-state index contributed by atoms with van der Waals surface area (Å²) in [5.41, 5.74) is 0.201. The fourth-order valence-corrected chi connectivity index (χ4v) is 4.73. The molecule has 2 heterocycles. The maximum atomic E-state index is 10.5. The first kappa shape index (κ1) is 16.2. The Morgan fingerprint density at radius 3 is 2.96 bits per heavy atom. The summed E-state index contributed by atoms with van der Waals surface area (Å²) in [6, 6.07) is 4.21. The van der Waals surface area contributed by atoms with E-state index in [4.69, 9.17) is 5.26 Å². The van der Waals surface area contributed by atoms with Crippen LogP contribution >= 0.6 is 0 Å². The molecule has 2 unspecified atom stereocenters. The molecule has 0 amide bonds. The zero-order chi connectivity index (χ0) is 16.6. The minimum Gasteiger partial charge on any atom is -0.391 e. The molecule has 6 heteroatoms. The lowest BCUT2D eigenvalue weighted by Crippen LogP contribution is -2.65. The summed E-state index contributed by atoms with van der Waals surface area (Å²) in [6.07, 6.45) is 2.97. The monoisotopic (exact) mass is 315 g/mol. The molecule has 1 saturated carbocycles. The van der Waals surface area contributed by atoms with Crippen LogP contribution in [0.1, 0.15) is 39.4 Å². The van der Waals surface area contributed by atoms with Crippen molar-refractivity contribution in [2.24, 2.45) is 11.3 Å². The molecule has 0 radical (unpaired) electrons. The second kappa shape index (κ2) is 6.06. The van der Waals surface area contributed by atoms with Crippen LogP contribution in [0.15, 0.2) is 12.3 Å². The van der Waals surface area contributed by atoms with Crippen LogP contribution in [0.5, 0.6) is 0 Å². The van der Waals surface area contributed by atoms with E-state index in [9.17, 15) is 5.11 Å². The Hall–Kier alpha value is -1.71. The van der Waals surface area contributed by atoms with Crippen molar-refractivity contribution in [2.75, 3.05) is 18.4 Å². The van der Waals surface area contributed by atoms with E-state index in [0.29, 0.717) is 17.8 Å². The Labute approximate surface area is 137 Å². The molecule has 1 spiro atoms. The Bertz CT molecular complexity index is 613. The molecule has 4 atom stereocenters. The number of aliphatic hydroxyl groups excluding tert-OH is 1. The molecule has 1 aromatic rings. The first-order valence-electron chi connectivity index (χ1n) is 8.41. The number of nitrogens with zero attached hydrogens (tertiary/aromatic N) is 4. The normalized spacial score (nSPS) is 33.7. The molecule has 124 valence electrons. The zero-order valence-corrected chi connectivity index (χ0v) is 14.0. The quantitative estimate of drug-likeness (QED) is 0.878. The average Bonchev–Trinajstić information content (AvgIpc) is 2.83. The predicted octanol–water partition coefficient (Wildman–Crippen LogP) is 1.63. The standard InChI is InChI=1S/C17H25N5O/c1-4-22-10-17(16(22)11(2)3)7-12(13(23)8-17)20-14-5-6-19-15(9-18)21-14/h5-6,11-13,16,23H,4,7-8,10H2,1-3H3,(H,19,20,21)/t12-,13-,16?,17?/m1/s1. The van der Waals surface area contributed by atoms with E-state index in [1.54, 1.807) is 12.3 Å². The molecule has 2 fully saturated rings. The Kier molecular flexibility index (Phi) is 4.26. The van der Waals surface area contributed by atoms with Crippen molar-refractivity contribution >= 4 is 5.82 Å². The number of anilines is 1. The van der Waals surface area contributed by atoms with Crippen molar-refractivity contribution in [3.05, 3.63) is 18.1 Å². The van der Waals surface area contributed by atoms with Crippen molar-refractivity contribution in [3.8, 4) is 6.07 Å². The van der Waals surface area contributed by atoms with Crippen LogP contribution < -0.4 is 5.32 Å². The van der Waals surface area contributed by atoms with Crippen molar-refractivity contribution in [1.29, 1.82) is 5.26 Å². The van der Waals surface area contributed by atoms with Gasteiger partial charge in [0.2, 0.25) is 5.82 Å².